The van der Waals surface area contributed by atoms with E-state index in [9.17, 15) is 19.5 Å². The van der Waals surface area contributed by atoms with E-state index in [2.05, 4.69) is 17.4 Å². The summed E-state index contributed by atoms with van der Waals surface area (Å²) in [5, 5.41) is 14.0. The Kier molecular flexibility index (Phi) is 5.78. The molecule has 0 radical (unpaired) electrons. The van der Waals surface area contributed by atoms with Crippen LogP contribution in [0.2, 0.25) is 0 Å². The summed E-state index contributed by atoms with van der Waals surface area (Å²) in [4.78, 5) is 36.6. The second kappa shape index (κ2) is 9.02. The molecule has 4 bridgehead atoms. The quantitative estimate of drug-likeness (QED) is 0.434. The number of fused-ring (bicyclic) bond motifs is 1. The molecule has 3 aromatic carbocycles. The summed E-state index contributed by atoms with van der Waals surface area (Å²) in [5.74, 6) is 0.483. The van der Waals surface area contributed by atoms with Crippen LogP contribution < -0.4 is 5.32 Å². The Labute approximate surface area is 216 Å². The van der Waals surface area contributed by atoms with E-state index in [1.165, 1.54) is 26.4 Å². The SMILES string of the molecule is COC(=O)CNC(=O)c1ccc(-c2cccc3cc(C(=O)O)ccc23)cc1C12CC3CC(CC(C3)C1)C2. The summed E-state index contributed by atoms with van der Waals surface area (Å²) in [7, 11) is 1.31. The number of esters is 1. The van der Waals surface area contributed by atoms with Gasteiger partial charge in [-0.05, 0) is 113 Å². The number of aromatic carboxylic acids is 1. The average Bonchev–Trinajstić information content (AvgIpc) is 2.89. The van der Waals surface area contributed by atoms with Gasteiger partial charge in [-0.25, -0.2) is 4.79 Å². The first kappa shape index (κ1) is 23.7. The Hall–Kier alpha value is -3.67. The van der Waals surface area contributed by atoms with Crippen LogP contribution in [0.5, 0.6) is 0 Å². The monoisotopic (exact) mass is 497 g/mol. The van der Waals surface area contributed by atoms with E-state index in [1.807, 2.05) is 30.3 Å². The fraction of sp³-hybridized carbons (Fsp3) is 0.387. The van der Waals surface area contributed by atoms with Crippen molar-refractivity contribution in [3.8, 4) is 11.1 Å². The molecule has 3 aromatic rings. The number of ether oxygens (including phenoxy) is 1. The van der Waals surface area contributed by atoms with Crippen molar-refractivity contribution in [2.75, 3.05) is 13.7 Å². The number of carboxylic acid groups (broad SMARTS) is 1. The maximum absolute atomic E-state index is 13.4. The Morgan fingerprint density at radius 1 is 0.946 bits per heavy atom. The molecular formula is C31H31NO5. The molecule has 0 saturated heterocycles. The molecule has 1 amide bonds. The summed E-state index contributed by atoms with van der Waals surface area (Å²) in [5.41, 5.74) is 4.00. The van der Waals surface area contributed by atoms with Crippen molar-refractivity contribution in [3.63, 3.8) is 0 Å². The minimum atomic E-state index is -0.946. The van der Waals surface area contributed by atoms with Crippen LogP contribution in [0.1, 0.15) is 64.8 Å². The molecule has 0 aromatic heterocycles. The molecule has 0 heterocycles. The fourth-order valence-corrected chi connectivity index (χ4v) is 7.78. The van der Waals surface area contributed by atoms with Crippen LogP contribution >= 0.6 is 0 Å². The zero-order valence-electron chi connectivity index (χ0n) is 21.0. The summed E-state index contributed by atoms with van der Waals surface area (Å²) in [6.45, 7) is -0.160. The highest BCUT2D eigenvalue weighted by atomic mass is 16.5. The molecule has 4 fully saturated rings. The number of carbonyl (C=O) groups excluding carboxylic acids is 2. The fourth-order valence-electron chi connectivity index (χ4n) is 7.78. The third kappa shape index (κ3) is 4.18. The molecular weight excluding hydrogens is 466 g/mol. The lowest BCUT2D eigenvalue weighted by Crippen LogP contribution is -2.49. The second-order valence-corrected chi connectivity index (χ2v) is 11.3. The Morgan fingerprint density at radius 2 is 1.65 bits per heavy atom. The number of hydrogen-bond acceptors (Lipinski definition) is 4. The van der Waals surface area contributed by atoms with Gasteiger partial charge in [0.2, 0.25) is 0 Å². The van der Waals surface area contributed by atoms with Gasteiger partial charge in [0.25, 0.3) is 5.91 Å². The van der Waals surface area contributed by atoms with E-state index in [-0.39, 0.29) is 23.4 Å². The predicted molar refractivity (Wildman–Crippen MR) is 141 cm³/mol. The normalized spacial score (nSPS) is 25.7. The van der Waals surface area contributed by atoms with E-state index in [0.29, 0.717) is 23.3 Å². The maximum atomic E-state index is 13.4. The average molecular weight is 498 g/mol. The van der Waals surface area contributed by atoms with Gasteiger partial charge in [-0.1, -0.05) is 30.3 Å². The molecule has 37 heavy (non-hydrogen) atoms. The molecule has 0 unspecified atom stereocenters. The Balaban J connectivity index is 1.46. The largest absolute Gasteiger partial charge is 0.478 e. The van der Waals surface area contributed by atoms with Gasteiger partial charge >= 0.3 is 11.9 Å². The highest BCUT2D eigenvalue weighted by molar-refractivity contribution is 6.02. The molecule has 6 nitrogen and oxygen atoms in total. The summed E-state index contributed by atoms with van der Waals surface area (Å²) in [6, 6.07) is 17.2. The lowest BCUT2D eigenvalue weighted by Gasteiger charge is -2.57. The van der Waals surface area contributed by atoms with E-state index in [1.54, 1.807) is 12.1 Å². The summed E-state index contributed by atoms with van der Waals surface area (Å²) < 4.78 is 4.72. The van der Waals surface area contributed by atoms with Crippen molar-refractivity contribution in [2.24, 2.45) is 17.8 Å². The zero-order chi connectivity index (χ0) is 25.7. The number of carboxylic acids is 1. The summed E-state index contributed by atoms with van der Waals surface area (Å²) >= 11 is 0. The van der Waals surface area contributed by atoms with Crippen LogP contribution in [0.4, 0.5) is 0 Å². The number of hydrogen-bond donors (Lipinski definition) is 2. The number of amides is 1. The van der Waals surface area contributed by atoms with Crippen molar-refractivity contribution in [1.29, 1.82) is 0 Å². The molecule has 2 N–H and O–H groups in total. The van der Waals surface area contributed by atoms with Crippen molar-refractivity contribution in [2.45, 2.75) is 43.9 Å². The van der Waals surface area contributed by atoms with Gasteiger partial charge in [-0.2, -0.15) is 0 Å². The first-order valence-corrected chi connectivity index (χ1v) is 13.1. The van der Waals surface area contributed by atoms with Crippen molar-refractivity contribution >= 4 is 28.6 Å². The molecule has 4 aliphatic rings. The third-order valence-electron chi connectivity index (χ3n) is 8.93. The van der Waals surface area contributed by atoms with Gasteiger partial charge < -0.3 is 15.2 Å². The van der Waals surface area contributed by atoms with Crippen molar-refractivity contribution in [1.82, 2.24) is 5.32 Å². The highest BCUT2D eigenvalue weighted by Gasteiger charge is 2.52. The minimum Gasteiger partial charge on any atom is -0.478 e. The highest BCUT2D eigenvalue weighted by Crippen LogP contribution is 2.61. The smallest absolute Gasteiger partial charge is 0.335 e. The molecule has 0 aliphatic heterocycles. The van der Waals surface area contributed by atoms with E-state index in [4.69, 9.17) is 4.74 Å². The van der Waals surface area contributed by atoms with Crippen LogP contribution in [0.3, 0.4) is 0 Å². The van der Waals surface area contributed by atoms with Crippen molar-refractivity contribution in [3.05, 3.63) is 71.3 Å². The number of rotatable bonds is 6. The third-order valence-corrected chi connectivity index (χ3v) is 8.93. The van der Waals surface area contributed by atoms with Gasteiger partial charge in [0, 0.05) is 5.56 Å². The van der Waals surface area contributed by atoms with E-state index >= 15 is 0 Å². The molecule has 7 rings (SSSR count). The lowest BCUT2D eigenvalue weighted by molar-refractivity contribution is -0.139. The van der Waals surface area contributed by atoms with Crippen LogP contribution in [-0.2, 0) is 14.9 Å². The standard InChI is InChI=1S/C31H31NO5/c1-37-28(33)17-32-29(34)26-8-5-22(24-4-2-3-21-12-23(30(35)36)6-7-25(21)24)13-27(26)31-14-18-9-19(15-31)11-20(10-18)16-31/h2-8,12-13,18-20H,9-11,14-17H2,1H3,(H,32,34)(H,35,36). The first-order valence-electron chi connectivity index (χ1n) is 13.1. The molecule has 4 saturated carbocycles. The van der Waals surface area contributed by atoms with Gasteiger partial charge in [0.05, 0.1) is 12.7 Å². The van der Waals surface area contributed by atoms with Crippen molar-refractivity contribution < 1.29 is 24.2 Å². The van der Waals surface area contributed by atoms with Crippen LogP contribution in [-0.4, -0.2) is 36.6 Å². The van der Waals surface area contributed by atoms with E-state index in [0.717, 1.165) is 46.7 Å². The summed E-state index contributed by atoms with van der Waals surface area (Å²) in [6.07, 6.45) is 7.24. The van der Waals surface area contributed by atoms with Gasteiger partial charge in [0.15, 0.2) is 0 Å². The molecule has 4 aliphatic carbocycles. The molecule has 6 heteroatoms. The molecule has 0 spiro atoms. The Bertz CT molecular complexity index is 1390. The number of nitrogens with one attached hydrogen (secondary N) is 1. The zero-order valence-corrected chi connectivity index (χ0v) is 21.0. The predicted octanol–water partition coefficient (Wildman–Crippen LogP) is 5.58. The van der Waals surface area contributed by atoms with Crippen LogP contribution in [0.25, 0.3) is 21.9 Å². The molecule has 0 atom stereocenters. The number of methoxy groups -OCH3 is 1. The number of benzene rings is 3. The van der Waals surface area contributed by atoms with Gasteiger partial charge in [0.1, 0.15) is 6.54 Å². The van der Waals surface area contributed by atoms with Gasteiger partial charge in [-0.3, -0.25) is 9.59 Å². The maximum Gasteiger partial charge on any atom is 0.335 e. The van der Waals surface area contributed by atoms with E-state index < -0.39 is 11.9 Å². The second-order valence-electron chi connectivity index (χ2n) is 11.3. The Morgan fingerprint density at radius 3 is 2.30 bits per heavy atom. The molecule has 190 valence electrons. The van der Waals surface area contributed by atoms with Gasteiger partial charge in [-0.15, -0.1) is 0 Å². The topological polar surface area (TPSA) is 92.7 Å². The lowest BCUT2D eigenvalue weighted by atomic mass is 9.47. The minimum absolute atomic E-state index is 0.0240. The number of carbonyl (C=O) groups is 3. The van der Waals surface area contributed by atoms with Crippen LogP contribution in [0.15, 0.2) is 54.6 Å². The van der Waals surface area contributed by atoms with Crippen LogP contribution in [0, 0.1) is 17.8 Å². The first-order chi connectivity index (χ1) is 17.8.